The number of thiophene rings is 1. The third-order valence-corrected chi connectivity index (χ3v) is 8.15. The number of benzene rings is 1. The number of aromatic nitrogens is 2. The average Bonchev–Trinajstić information content (AvgIpc) is 3.35. The molecule has 3 heterocycles. The number of likely N-dealkylation sites (N-methyl/N-ethyl adjacent to an activating group) is 1. The predicted octanol–water partition coefficient (Wildman–Crippen LogP) is 3.16. The minimum Gasteiger partial charge on any atom is -0.325 e. The van der Waals surface area contributed by atoms with E-state index in [1.807, 2.05) is 25.4 Å². The van der Waals surface area contributed by atoms with Crippen molar-refractivity contribution in [1.82, 2.24) is 18.8 Å². The van der Waals surface area contributed by atoms with Gasteiger partial charge in [0.25, 0.3) is 10.2 Å². The van der Waals surface area contributed by atoms with Gasteiger partial charge in [0.15, 0.2) is 0 Å². The molecule has 0 unspecified atom stereocenters. The Hall–Kier alpha value is -2.31. The van der Waals surface area contributed by atoms with Crippen molar-refractivity contribution in [2.24, 2.45) is 7.05 Å². The third kappa shape index (κ3) is 4.51. The van der Waals surface area contributed by atoms with Crippen molar-refractivity contribution in [3.05, 3.63) is 58.4 Å². The lowest BCUT2D eigenvalue weighted by Gasteiger charge is -2.35. The Balaban J connectivity index is 1.57. The van der Waals surface area contributed by atoms with Crippen molar-refractivity contribution in [2.75, 3.05) is 12.4 Å². The minimum atomic E-state index is -3.88. The number of hydrogen-bond acceptors (Lipinski definition) is 5. The highest BCUT2D eigenvalue weighted by Gasteiger charge is 2.41. The van der Waals surface area contributed by atoms with E-state index in [0.717, 1.165) is 25.7 Å². The van der Waals surface area contributed by atoms with Gasteiger partial charge in [0.1, 0.15) is 11.9 Å². The van der Waals surface area contributed by atoms with Crippen LogP contribution in [-0.2, 0) is 22.1 Å². The number of carbonyl (C=O) groups excluding carboxylic acids is 1. The fraction of sp³-hybridized carbons (Fsp3) is 0.263. The van der Waals surface area contributed by atoms with E-state index in [-0.39, 0.29) is 17.1 Å². The van der Waals surface area contributed by atoms with Gasteiger partial charge in [-0.05, 0) is 36.8 Å². The van der Waals surface area contributed by atoms with E-state index in [0.29, 0.717) is 0 Å². The molecule has 1 aliphatic rings. The summed E-state index contributed by atoms with van der Waals surface area (Å²) in [6.45, 7) is 0. The van der Waals surface area contributed by atoms with E-state index in [2.05, 4.69) is 15.1 Å². The molecule has 0 aliphatic carbocycles. The molecule has 1 aromatic carbocycles. The van der Waals surface area contributed by atoms with E-state index >= 15 is 0 Å². The fourth-order valence-corrected chi connectivity index (χ4v) is 5.91. The van der Waals surface area contributed by atoms with Gasteiger partial charge in [-0.25, -0.2) is 4.39 Å². The lowest BCUT2D eigenvalue weighted by atomic mass is 10.1. The summed E-state index contributed by atoms with van der Waals surface area (Å²) in [4.78, 5) is 14.6. The first kappa shape index (κ1) is 21.9. The quantitative estimate of drug-likeness (QED) is 0.595. The fourth-order valence-electron chi connectivity index (χ4n) is 3.34. The second kappa shape index (κ2) is 8.32. The Labute approximate surface area is 187 Å². The van der Waals surface area contributed by atoms with E-state index in [4.69, 9.17) is 11.6 Å². The summed E-state index contributed by atoms with van der Waals surface area (Å²) in [5.74, 6) is -1.13. The first-order chi connectivity index (χ1) is 14.6. The second-order valence-corrected chi connectivity index (χ2v) is 10.5. The zero-order valence-corrected chi connectivity index (χ0v) is 18.9. The van der Waals surface area contributed by atoms with Crippen molar-refractivity contribution < 1.29 is 17.6 Å². The van der Waals surface area contributed by atoms with Crippen LogP contribution in [0.5, 0.6) is 0 Å². The van der Waals surface area contributed by atoms with E-state index in [1.54, 1.807) is 10.9 Å². The molecule has 0 bridgehead atoms. The monoisotopic (exact) mass is 483 g/mol. The first-order valence-corrected chi connectivity index (χ1v) is 11.9. The van der Waals surface area contributed by atoms with Gasteiger partial charge in [-0.1, -0.05) is 11.6 Å². The third-order valence-electron chi connectivity index (χ3n) is 5.02. The van der Waals surface area contributed by atoms with E-state index in [9.17, 15) is 17.6 Å². The Morgan fingerprint density at radius 1 is 1.32 bits per heavy atom. The zero-order valence-electron chi connectivity index (χ0n) is 16.5. The number of rotatable bonds is 4. The minimum absolute atomic E-state index is 0.136. The molecule has 8 nitrogen and oxygen atoms in total. The number of nitrogens with one attached hydrogen (secondary N) is 2. The summed E-state index contributed by atoms with van der Waals surface area (Å²) in [7, 11) is -0.721. The number of amides is 1. The largest absolute Gasteiger partial charge is 0.325 e. The van der Waals surface area contributed by atoms with Gasteiger partial charge >= 0.3 is 0 Å². The molecule has 2 N–H and O–H groups in total. The molecule has 3 aromatic rings. The molecule has 164 valence electrons. The molecule has 31 heavy (non-hydrogen) atoms. The van der Waals surface area contributed by atoms with Gasteiger partial charge in [0, 0.05) is 41.3 Å². The highest BCUT2D eigenvalue weighted by atomic mass is 35.5. The van der Waals surface area contributed by atoms with Crippen molar-refractivity contribution >= 4 is 44.7 Å². The maximum Gasteiger partial charge on any atom is 0.280 e. The number of carbonyl (C=O) groups is 1. The van der Waals surface area contributed by atoms with Gasteiger partial charge in [0.05, 0.1) is 17.3 Å². The SMILES string of the molecule is CN1[C@@H](C(=O)Nc2ccc(F)c(Cl)c2)C[C@@H](c2ccc(-c3cnn(C)c3)s2)NS1(=O)=O. The molecular weight excluding hydrogens is 465 g/mol. The van der Waals surface area contributed by atoms with E-state index < -0.39 is 34.0 Å². The maximum atomic E-state index is 13.4. The molecule has 2 aromatic heterocycles. The highest BCUT2D eigenvalue weighted by molar-refractivity contribution is 7.87. The van der Waals surface area contributed by atoms with Crippen molar-refractivity contribution in [3.63, 3.8) is 0 Å². The van der Waals surface area contributed by atoms with Crippen LogP contribution < -0.4 is 10.0 Å². The molecule has 0 saturated carbocycles. The van der Waals surface area contributed by atoms with Crippen molar-refractivity contribution in [2.45, 2.75) is 18.5 Å². The number of anilines is 1. The summed E-state index contributed by atoms with van der Waals surface area (Å²) in [6, 6.07) is 6.01. The second-order valence-electron chi connectivity index (χ2n) is 7.17. The molecule has 4 rings (SSSR count). The molecule has 1 aliphatic heterocycles. The molecule has 2 atom stereocenters. The molecule has 1 saturated heterocycles. The Morgan fingerprint density at radius 3 is 2.77 bits per heavy atom. The summed E-state index contributed by atoms with van der Waals surface area (Å²) in [5, 5.41) is 6.64. The van der Waals surface area contributed by atoms with Crippen LogP contribution in [0.25, 0.3) is 10.4 Å². The standard InChI is InChI=1S/C19H19ClFN5O3S2/c1-25-10-11(9-22-25)17-5-6-18(30-17)15-8-16(26(2)31(28,29)24-15)19(27)23-12-3-4-14(21)13(20)7-12/h3-7,9-10,15-16,24H,8H2,1-2H3,(H,23,27)/t15-,16+/m0/s1. The molecule has 1 amide bonds. The Bertz CT molecular complexity index is 1240. The average molecular weight is 484 g/mol. The smallest absolute Gasteiger partial charge is 0.280 e. The Kier molecular flexibility index (Phi) is 5.88. The van der Waals surface area contributed by atoms with Crippen LogP contribution in [0.2, 0.25) is 5.02 Å². The van der Waals surface area contributed by atoms with Gasteiger partial charge in [-0.2, -0.15) is 22.5 Å². The van der Waals surface area contributed by atoms with Crippen molar-refractivity contribution in [3.8, 4) is 10.4 Å². The van der Waals surface area contributed by atoms with Crippen LogP contribution >= 0.6 is 22.9 Å². The van der Waals surface area contributed by atoms with Crippen LogP contribution in [0.1, 0.15) is 17.3 Å². The van der Waals surface area contributed by atoms with Gasteiger partial charge in [0.2, 0.25) is 5.91 Å². The van der Waals surface area contributed by atoms with Crippen LogP contribution in [0, 0.1) is 5.82 Å². The first-order valence-electron chi connectivity index (χ1n) is 9.24. The summed E-state index contributed by atoms with van der Waals surface area (Å²) >= 11 is 7.21. The maximum absolute atomic E-state index is 13.4. The van der Waals surface area contributed by atoms with Gasteiger partial charge < -0.3 is 5.32 Å². The van der Waals surface area contributed by atoms with Crippen LogP contribution in [0.15, 0.2) is 42.7 Å². The number of aryl methyl sites for hydroxylation is 1. The molecule has 12 heteroatoms. The molecule has 0 radical (unpaired) electrons. The highest BCUT2D eigenvalue weighted by Crippen LogP contribution is 2.36. The van der Waals surface area contributed by atoms with Crippen LogP contribution in [-0.4, -0.2) is 41.5 Å². The molecular formula is C19H19ClFN5O3S2. The Morgan fingerprint density at radius 2 is 2.10 bits per heavy atom. The van der Waals surface area contributed by atoms with Gasteiger partial charge in [-0.15, -0.1) is 11.3 Å². The number of hydrogen-bond donors (Lipinski definition) is 2. The lowest BCUT2D eigenvalue weighted by molar-refractivity contribution is -0.120. The summed E-state index contributed by atoms with van der Waals surface area (Å²) in [5.41, 5.74) is 1.21. The molecule has 1 fully saturated rings. The number of halogens is 2. The van der Waals surface area contributed by atoms with Crippen LogP contribution in [0.3, 0.4) is 0 Å². The zero-order chi connectivity index (χ0) is 22.3. The topological polar surface area (TPSA) is 96.3 Å². The van der Waals surface area contributed by atoms with Crippen LogP contribution in [0.4, 0.5) is 10.1 Å². The van der Waals surface area contributed by atoms with Crippen molar-refractivity contribution in [1.29, 1.82) is 0 Å². The predicted molar refractivity (Wildman–Crippen MR) is 118 cm³/mol. The summed E-state index contributed by atoms with van der Waals surface area (Å²) in [6.07, 6.45) is 3.83. The lowest BCUT2D eigenvalue weighted by Crippen LogP contribution is -2.55. The molecule has 0 spiro atoms. The van der Waals surface area contributed by atoms with Gasteiger partial charge in [-0.3, -0.25) is 9.48 Å². The summed E-state index contributed by atoms with van der Waals surface area (Å²) < 4.78 is 44.0. The normalized spacial score (nSPS) is 21.2. The number of nitrogens with zero attached hydrogens (tertiary/aromatic N) is 3. The van der Waals surface area contributed by atoms with E-state index in [1.165, 1.54) is 30.5 Å².